The van der Waals surface area contributed by atoms with Gasteiger partial charge in [0.15, 0.2) is 0 Å². The molecule has 0 spiro atoms. The monoisotopic (exact) mass is 480 g/mol. The van der Waals surface area contributed by atoms with E-state index in [1.807, 2.05) is 45.0 Å². The first-order valence-electron chi connectivity index (χ1n) is 11.9. The predicted molar refractivity (Wildman–Crippen MR) is 137 cm³/mol. The molecule has 36 heavy (non-hydrogen) atoms. The van der Waals surface area contributed by atoms with Gasteiger partial charge in [-0.25, -0.2) is 4.98 Å². The summed E-state index contributed by atoms with van der Waals surface area (Å²) < 4.78 is 6.02. The number of piperazine rings is 1. The lowest BCUT2D eigenvalue weighted by Gasteiger charge is -2.34. The van der Waals surface area contributed by atoms with Crippen LogP contribution in [-0.4, -0.2) is 63.3 Å². The molecule has 0 saturated carbocycles. The Balaban J connectivity index is 1.40. The molecule has 0 amide bonds. The molecule has 1 saturated heterocycles. The van der Waals surface area contributed by atoms with Crippen LogP contribution in [0, 0.1) is 18.3 Å². The first-order chi connectivity index (χ1) is 17.3. The Bertz CT molecular complexity index is 1410. The molecule has 182 valence electrons. The zero-order valence-electron chi connectivity index (χ0n) is 20.9. The number of nitrogens with zero attached hydrogens (tertiary/aromatic N) is 8. The third kappa shape index (κ3) is 4.68. The number of likely N-dealkylation sites (N-methyl/N-ethyl adjacent to an activating group) is 1. The Hall–Kier alpha value is -4.16. The number of aryl methyl sites for hydroxylation is 1. The molecule has 0 radical (unpaired) electrons. The van der Waals surface area contributed by atoms with Crippen LogP contribution in [0.5, 0.6) is 0 Å². The Morgan fingerprint density at radius 3 is 2.39 bits per heavy atom. The first-order valence-corrected chi connectivity index (χ1v) is 11.9. The minimum absolute atomic E-state index is 0.312. The van der Waals surface area contributed by atoms with Crippen LogP contribution in [0.1, 0.15) is 25.2 Å². The second-order valence-corrected chi connectivity index (χ2v) is 9.61. The number of pyridine rings is 1. The summed E-state index contributed by atoms with van der Waals surface area (Å²) in [5.74, 6) is 0.745. The lowest BCUT2D eigenvalue weighted by molar-refractivity contribution is 0.313. The number of rotatable bonds is 5. The van der Waals surface area contributed by atoms with Gasteiger partial charge in [-0.1, -0.05) is 0 Å². The third-order valence-corrected chi connectivity index (χ3v) is 6.54. The van der Waals surface area contributed by atoms with E-state index in [9.17, 15) is 5.26 Å². The van der Waals surface area contributed by atoms with E-state index >= 15 is 0 Å². The maximum atomic E-state index is 9.48. The van der Waals surface area contributed by atoms with Gasteiger partial charge in [0.2, 0.25) is 5.89 Å². The van der Waals surface area contributed by atoms with Gasteiger partial charge in [0, 0.05) is 49.2 Å². The first kappa shape index (κ1) is 23.6. The standard InChI is InChI=1S/C27H28N8O/c1-18-24(31-22(16-30-18)20-9-10-29-23(15-20)27(2,3)17-28)26-33-32-25(36-26)19-5-7-21(8-6-19)35-13-11-34(4)12-14-35/h5-10,15-16H,11-14H2,1-4H3. The summed E-state index contributed by atoms with van der Waals surface area (Å²) in [4.78, 5) is 18.4. The molecule has 3 aromatic heterocycles. The van der Waals surface area contributed by atoms with Crippen molar-refractivity contribution in [2.75, 3.05) is 38.1 Å². The molecule has 1 fully saturated rings. The number of hydrogen-bond acceptors (Lipinski definition) is 9. The maximum Gasteiger partial charge on any atom is 0.268 e. The van der Waals surface area contributed by atoms with Crippen LogP contribution >= 0.6 is 0 Å². The van der Waals surface area contributed by atoms with Gasteiger partial charge in [0.25, 0.3) is 5.89 Å². The Morgan fingerprint density at radius 2 is 1.67 bits per heavy atom. The zero-order valence-corrected chi connectivity index (χ0v) is 20.9. The van der Waals surface area contributed by atoms with Crippen LogP contribution in [0.4, 0.5) is 5.69 Å². The normalized spacial score (nSPS) is 14.6. The predicted octanol–water partition coefficient (Wildman–Crippen LogP) is 4.12. The van der Waals surface area contributed by atoms with E-state index < -0.39 is 5.41 Å². The van der Waals surface area contributed by atoms with Gasteiger partial charge in [0.05, 0.1) is 34.8 Å². The molecule has 0 N–H and O–H groups in total. The fourth-order valence-corrected chi connectivity index (χ4v) is 4.09. The van der Waals surface area contributed by atoms with E-state index in [0.717, 1.165) is 37.3 Å². The van der Waals surface area contributed by atoms with E-state index in [-0.39, 0.29) is 0 Å². The minimum atomic E-state index is -0.710. The fourth-order valence-electron chi connectivity index (χ4n) is 4.09. The van der Waals surface area contributed by atoms with Crippen LogP contribution in [0.15, 0.2) is 53.2 Å². The number of benzene rings is 1. The largest absolute Gasteiger partial charge is 0.415 e. The molecule has 9 heteroatoms. The van der Waals surface area contributed by atoms with Crippen LogP contribution in [0.2, 0.25) is 0 Å². The van der Waals surface area contributed by atoms with Crippen molar-refractivity contribution in [3.8, 4) is 40.4 Å². The summed E-state index contributed by atoms with van der Waals surface area (Å²) in [6.45, 7) is 9.68. The van der Waals surface area contributed by atoms with Gasteiger partial charge in [-0.15, -0.1) is 10.2 Å². The topological polar surface area (TPSA) is 108 Å². The molecule has 5 rings (SSSR count). The Morgan fingerprint density at radius 1 is 0.944 bits per heavy atom. The van der Waals surface area contributed by atoms with E-state index in [4.69, 9.17) is 9.40 Å². The minimum Gasteiger partial charge on any atom is -0.415 e. The van der Waals surface area contributed by atoms with E-state index in [1.165, 1.54) is 5.69 Å². The zero-order chi connectivity index (χ0) is 25.3. The lowest BCUT2D eigenvalue weighted by Crippen LogP contribution is -2.44. The second-order valence-electron chi connectivity index (χ2n) is 9.61. The third-order valence-electron chi connectivity index (χ3n) is 6.54. The highest BCUT2D eigenvalue weighted by atomic mass is 16.4. The van der Waals surface area contributed by atoms with Crippen LogP contribution in [-0.2, 0) is 5.41 Å². The van der Waals surface area contributed by atoms with Crippen LogP contribution in [0.25, 0.3) is 34.3 Å². The molecule has 9 nitrogen and oxygen atoms in total. The lowest BCUT2D eigenvalue weighted by atomic mass is 9.90. The summed E-state index contributed by atoms with van der Waals surface area (Å²) in [6, 6.07) is 14.2. The van der Waals surface area contributed by atoms with E-state index in [0.29, 0.717) is 34.6 Å². The van der Waals surface area contributed by atoms with Gasteiger partial charge < -0.3 is 14.2 Å². The SMILES string of the molecule is Cc1ncc(-c2ccnc(C(C)(C)C#N)c2)nc1-c1nnc(-c2ccc(N3CCN(C)CC3)cc2)o1. The number of hydrogen-bond donors (Lipinski definition) is 0. The molecule has 0 atom stereocenters. The van der Waals surface area contributed by atoms with Crippen molar-refractivity contribution in [3.05, 3.63) is 60.2 Å². The van der Waals surface area contributed by atoms with Crippen molar-refractivity contribution < 1.29 is 4.42 Å². The summed E-state index contributed by atoms with van der Waals surface area (Å²) in [5, 5.41) is 18.0. The van der Waals surface area contributed by atoms with Crippen molar-refractivity contribution in [3.63, 3.8) is 0 Å². The van der Waals surface area contributed by atoms with Gasteiger partial charge in [-0.05, 0) is 64.2 Å². The molecule has 0 unspecified atom stereocenters. The van der Waals surface area contributed by atoms with Gasteiger partial charge in [-0.3, -0.25) is 9.97 Å². The molecule has 0 bridgehead atoms. The average molecular weight is 481 g/mol. The van der Waals surface area contributed by atoms with Crippen molar-refractivity contribution in [2.45, 2.75) is 26.2 Å². The summed E-state index contributed by atoms with van der Waals surface area (Å²) in [6.07, 6.45) is 3.38. The molecular formula is C27H28N8O. The van der Waals surface area contributed by atoms with Crippen molar-refractivity contribution in [1.29, 1.82) is 5.26 Å². The van der Waals surface area contributed by atoms with Crippen molar-refractivity contribution in [2.24, 2.45) is 0 Å². The molecule has 0 aliphatic carbocycles. The fraction of sp³-hybridized carbons (Fsp3) is 0.333. The van der Waals surface area contributed by atoms with Gasteiger partial charge in [0.1, 0.15) is 5.69 Å². The summed E-state index contributed by atoms with van der Waals surface area (Å²) in [5.41, 5.74) is 4.68. The Kier molecular flexibility index (Phi) is 6.20. The highest BCUT2D eigenvalue weighted by Gasteiger charge is 2.23. The molecule has 1 aliphatic rings. The van der Waals surface area contributed by atoms with Crippen molar-refractivity contribution >= 4 is 5.69 Å². The molecule has 4 heterocycles. The van der Waals surface area contributed by atoms with E-state index in [2.05, 4.69) is 55.2 Å². The quantitative estimate of drug-likeness (QED) is 0.417. The van der Waals surface area contributed by atoms with Crippen LogP contribution in [0.3, 0.4) is 0 Å². The summed E-state index contributed by atoms with van der Waals surface area (Å²) >= 11 is 0. The maximum absolute atomic E-state index is 9.48. The highest BCUT2D eigenvalue weighted by molar-refractivity contribution is 5.64. The average Bonchev–Trinajstić information content (AvgIpc) is 3.40. The van der Waals surface area contributed by atoms with Crippen LogP contribution < -0.4 is 4.90 Å². The second kappa shape index (κ2) is 9.47. The molecule has 1 aromatic carbocycles. The number of anilines is 1. The molecule has 4 aromatic rings. The smallest absolute Gasteiger partial charge is 0.268 e. The molecule has 1 aliphatic heterocycles. The highest BCUT2D eigenvalue weighted by Crippen LogP contribution is 2.29. The summed E-state index contributed by atoms with van der Waals surface area (Å²) in [7, 11) is 2.15. The van der Waals surface area contributed by atoms with Crippen molar-refractivity contribution in [1.82, 2.24) is 30.0 Å². The van der Waals surface area contributed by atoms with E-state index in [1.54, 1.807) is 12.4 Å². The Labute approximate surface area is 210 Å². The number of nitriles is 1. The van der Waals surface area contributed by atoms with Gasteiger partial charge >= 0.3 is 0 Å². The van der Waals surface area contributed by atoms with Gasteiger partial charge in [-0.2, -0.15) is 5.26 Å². The number of aromatic nitrogens is 5. The molecular weight excluding hydrogens is 452 g/mol.